The molecular formula is C37H41N2O3PS2. The molecule has 2 aromatic heterocycles. The fourth-order valence-corrected chi connectivity index (χ4v) is 14.0. The van der Waals surface area contributed by atoms with Crippen LogP contribution in [-0.2, 0) is 15.3 Å². The van der Waals surface area contributed by atoms with Gasteiger partial charge in [0.15, 0.2) is 0 Å². The van der Waals surface area contributed by atoms with Gasteiger partial charge in [0.05, 0.1) is 0 Å². The van der Waals surface area contributed by atoms with E-state index in [1.807, 2.05) is 18.2 Å². The van der Waals surface area contributed by atoms with Crippen molar-refractivity contribution in [3.8, 4) is 20.9 Å². The predicted octanol–water partition coefficient (Wildman–Crippen LogP) is 7.33. The van der Waals surface area contributed by atoms with E-state index in [-0.39, 0.29) is 0 Å². The Bertz CT molecular complexity index is 1670. The maximum atomic E-state index is 13.2. The average Bonchev–Trinajstić information content (AvgIpc) is 3.86. The maximum absolute atomic E-state index is 13.2. The van der Waals surface area contributed by atoms with Crippen LogP contribution in [0.2, 0.25) is 0 Å². The summed E-state index contributed by atoms with van der Waals surface area (Å²) in [7, 11) is -3.41. The summed E-state index contributed by atoms with van der Waals surface area (Å²) in [6.07, 6.45) is 0. The molecule has 0 radical (unpaired) electrons. The van der Waals surface area contributed by atoms with Crippen LogP contribution in [0.15, 0.2) is 91.0 Å². The molecule has 234 valence electrons. The summed E-state index contributed by atoms with van der Waals surface area (Å²) in [5.74, 6) is -1.01. The van der Waals surface area contributed by atoms with Crippen LogP contribution in [0.1, 0.15) is 37.4 Å². The Morgan fingerprint density at radius 3 is 1.47 bits per heavy atom. The second kappa shape index (κ2) is 12.3. The molecule has 1 spiro atoms. The van der Waals surface area contributed by atoms with Crippen molar-refractivity contribution in [2.24, 2.45) is 0 Å². The quantitative estimate of drug-likeness (QED) is 0.169. The van der Waals surface area contributed by atoms with E-state index >= 15 is 0 Å². The summed E-state index contributed by atoms with van der Waals surface area (Å²) >= 11 is 3.40. The number of rotatable bonds is 9. The standard InChI is InChI=1S/C37H41N2O3PS2/c1-5-38(6-2)28-18-14-26(15-19-28)33-24-31-35(44-33)37(41-22-23-42-37)36-32(43(31,40)30-12-10-9-11-13-30)25-34(45-36)27-16-20-29(21-17-27)39(7-3)8-4/h9-21,24-25,40,43H,5-8,22-23H2,1-4H3. The summed E-state index contributed by atoms with van der Waals surface area (Å²) in [4.78, 5) is 22.1. The molecule has 5 nitrogen and oxygen atoms in total. The van der Waals surface area contributed by atoms with Gasteiger partial charge in [-0.3, -0.25) is 0 Å². The zero-order valence-electron chi connectivity index (χ0n) is 26.4. The first kappa shape index (κ1) is 30.6. The molecule has 0 bridgehead atoms. The van der Waals surface area contributed by atoms with Gasteiger partial charge in [-0.1, -0.05) is 0 Å². The Balaban J connectivity index is 1.39. The van der Waals surface area contributed by atoms with E-state index in [1.165, 1.54) is 11.4 Å². The topological polar surface area (TPSA) is 45.2 Å². The van der Waals surface area contributed by atoms with Crippen molar-refractivity contribution in [1.29, 1.82) is 0 Å². The van der Waals surface area contributed by atoms with Gasteiger partial charge in [0.25, 0.3) is 0 Å². The third-order valence-corrected chi connectivity index (χ3v) is 15.7. The Morgan fingerprint density at radius 1 is 0.644 bits per heavy atom. The van der Waals surface area contributed by atoms with Crippen LogP contribution in [0, 0.1) is 0 Å². The van der Waals surface area contributed by atoms with E-state index in [0.717, 1.165) is 72.7 Å². The van der Waals surface area contributed by atoms with E-state index in [2.05, 4.69) is 110 Å². The Hall–Kier alpha value is -3.03. The predicted molar refractivity (Wildman–Crippen MR) is 195 cm³/mol. The molecule has 7 rings (SSSR count). The molecule has 8 heteroatoms. The molecule has 0 unspecified atom stereocenters. The third kappa shape index (κ3) is 4.96. The zero-order chi connectivity index (χ0) is 31.2. The number of nitrogens with zero attached hydrogens (tertiary/aromatic N) is 2. The van der Waals surface area contributed by atoms with Crippen LogP contribution in [-0.4, -0.2) is 44.3 Å². The van der Waals surface area contributed by atoms with Crippen LogP contribution < -0.4 is 25.7 Å². The first-order valence-corrected chi connectivity index (χ1v) is 19.6. The number of ether oxygens (including phenoxy) is 2. The van der Waals surface area contributed by atoms with Crippen LogP contribution in [0.4, 0.5) is 11.4 Å². The Morgan fingerprint density at radius 2 is 1.07 bits per heavy atom. The summed E-state index contributed by atoms with van der Waals surface area (Å²) in [6.45, 7) is 13.7. The summed E-state index contributed by atoms with van der Waals surface area (Å²) in [6, 6.07) is 32.3. The second-order valence-corrected chi connectivity index (χ2v) is 16.7. The van der Waals surface area contributed by atoms with Gasteiger partial charge >= 0.3 is 276 Å². The van der Waals surface area contributed by atoms with Gasteiger partial charge in [0.2, 0.25) is 0 Å². The van der Waals surface area contributed by atoms with Crippen molar-refractivity contribution in [3.05, 3.63) is 101 Å². The van der Waals surface area contributed by atoms with Crippen molar-refractivity contribution < 1.29 is 14.4 Å². The molecule has 1 saturated heterocycles. The number of hydrogen-bond acceptors (Lipinski definition) is 7. The van der Waals surface area contributed by atoms with Crippen molar-refractivity contribution >= 4 is 57.5 Å². The summed E-state index contributed by atoms with van der Waals surface area (Å²) in [5, 5.41) is 2.91. The van der Waals surface area contributed by atoms with Gasteiger partial charge in [-0.15, -0.1) is 0 Å². The normalized spacial score (nSPS) is 16.7. The molecular weight excluding hydrogens is 616 g/mol. The van der Waals surface area contributed by atoms with Crippen molar-refractivity contribution in [2.75, 3.05) is 49.2 Å². The molecule has 4 heterocycles. The van der Waals surface area contributed by atoms with E-state index in [4.69, 9.17) is 9.47 Å². The van der Waals surface area contributed by atoms with E-state index in [9.17, 15) is 4.89 Å². The monoisotopic (exact) mass is 656 g/mol. The molecule has 0 saturated carbocycles. The van der Waals surface area contributed by atoms with Crippen LogP contribution >= 0.6 is 30.2 Å². The van der Waals surface area contributed by atoms with Gasteiger partial charge < -0.3 is 0 Å². The van der Waals surface area contributed by atoms with Crippen LogP contribution in [0.25, 0.3) is 20.9 Å². The fraction of sp³-hybridized carbons (Fsp3) is 0.297. The van der Waals surface area contributed by atoms with Crippen molar-refractivity contribution in [3.63, 3.8) is 0 Å². The molecule has 3 aromatic carbocycles. The molecule has 45 heavy (non-hydrogen) atoms. The summed E-state index contributed by atoms with van der Waals surface area (Å²) < 4.78 is 13.2. The van der Waals surface area contributed by atoms with Crippen LogP contribution in [0.5, 0.6) is 0 Å². The second-order valence-electron chi connectivity index (χ2n) is 11.5. The first-order chi connectivity index (χ1) is 22.0. The van der Waals surface area contributed by atoms with Gasteiger partial charge in [0, 0.05) is 0 Å². The fourth-order valence-electron chi connectivity index (χ4n) is 6.86. The molecule has 1 fully saturated rings. The van der Waals surface area contributed by atoms with Crippen molar-refractivity contribution in [1.82, 2.24) is 0 Å². The number of hydrogen-bond donors (Lipinski definition) is 1. The van der Waals surface area contributed by atoms with Crippen LogP contribution in [0.3, 0.4) is 0 Å². The molecule has 0 amide bonds. The molecule has 2 aliphatic rings. The molecule has 5 aromatic rings. The SMILES string of the molecule is CCN(CC)c1ccc(-c2cc3c(s2)C2(OCCO2)c2sc(-c4ccc(N(CC)CC)cc4)cc2[PH]3(O)c2ccccc2)cc1. The zero-order valence-corrected chi connectivity index (χ0v) is 29.0. The number of fused-ring (bicyclic) bond motifs is 4. The minimum absolute atomic E-state index is 0.516. The number of thiophene rings is 2. The minimum atomic E-state index is -3.41. The van der Waals surface area contributed by atoms with Gasteiger partial charge in [-0.05, 0) is 0 Å². The van der Waals surface area contributed by atoms with Gasteiger partial charge in [-0.25, -0.2) is 0 Å². The Kier molecular flexibility index (Phi) is 8.36. The first-order valence-electron chi connectivity index (χ1n) is 16.0. The van der Waals surface area contributed by atoms with Gasteiger partial charge in [-0.2, -0.15) is 0 Å². The molecule has 0 atom stereocenters. The Labute approximate surface area is 275 Å². The summed E-state index contributed by atoms with van der Waals surface area (Å²) in [5.41, 5.74) is 4.72. The van der Waals surface area contributed by atoms with Gasteiger partial charge in [0.1, 0.15) is 0 Å². The van der Waals surface area contributed by atoms with E-state index in [1.54, 1.807) is 22.7 Å². The molecule has 2 aliphatic heterocycles. The number of anilines is 2. The number of benzene rings is 3. The molecule has 1 N–H and O–H groups in total. The van der Waals surface area contributed by atoms with E-state index < -0.39 is 13.3 Å². The van der Waals surface area contributed by atoms with E-state index in [0.29, 0.717) is 13.2 Å². The van der Waals surface area contributed by atoms with Crippen molar-refractivity contribution in [2.45, 2.75) is 33.5 Å². The average molecular weight is 657 g/mol. The third-order valence-electron chi connectivity index (χ3n) is 9.29. The molecule has 0 aliphatic carbocycles.